The molecule has 0 heterocycles. The number of aryl methyl sites for hydroxylation is 1. The first kappa shape index (κ1) is 12.1. The predicted molar refractivity (Wildman–Crippen MR) is 70.0 cm³/mol. The van der Waals surface area contributed by atoms with Crippen LogP contribution in [0.15, 0.2) is 24.3 Å². The molecule has 1 fully saturated rings. The fourth-order valence-corrected chi connectivity index (χ4v) is 1.96. The number of amides is 1. The van der Waals surface area contributed by atoms with E-state index in [0.29, 0.717) is 18.0 Å². The van der Waals surface area contributed by atoms with Crippen LogP contribution in [0, 0.1) is 12.3 Å². The Balaban J connectivity index is 1.78. The monoisotopic (exact) mass is 232 g/mol. The van der Waals surface area contributed by atoms with Crippen LogP contribution < -0.4 is 10.6 Å². The summed E-state index contributed by atoms with van der Waals surface area (Å²) in [7, 11) is 0. The van der Waals surface area contributed by atoms with Gasteiger partial charge in [0, 0.05) is 11.7 Å². The minimum absolute atomic E-state index is 0.0262. The molecular formula is C14H20N2O. The van der Waals surface area contributed by atoms with Crippen LogP contribution in [0.3, 0.4) is 0 Å². The number of carbonyl (C=O) groups is 1. The van der Waals surface area contributed by atoms with Crippen molar-refractivity contribution in [2.24, 2.45) is 5.41 Å². The van der Waals surface area contributed by atoms with E-state index in [9.17, 15) is 4.79 Å². The number of carbonyl (C=O) groups excluding carboxylic acids is 1. The van der Waals surface area contributed by atoms with Crippen LogP contribution in [0.2, 0.25) is 0 Å². The van der Waals surface area contributed by atoms with Crippen molar-refractivity contribution in [2.75, 3.05) is 11.9 Å². The first-order valence-electron chi connectivity index (χ1n) is 6.07. The van der Waals surface area contributed by atoms with Crippen molar-refractivity contribution < 1.29 is 4.79 Å². The molecule has 17 heavy (non-hydrogen) atoms. The highest BCUT2D eigenvalue weighted by molar-refractivity contribution is 5.92. The minimum Gasteiger partial charge on any atom is -0.325 e. The maximum absolute atomic E-state index is 11.7. The van der Waals surface area contributed by atoms with E-state index >= 15 is 0 Å². The van der Waals surface area contributed by atoms with Crippen LogP contribution in [0.25, 0.3) is 0 Å². The van der Waals surface area contributed by atoms with Gasteiger partial charge in [-0.05, 0) is 36.5 Å². The molecule has 0 saturated heterocycles. The highest BCUT2D eigenvalue weighted by atomic mass is 16.1. The molecule has 1 amide bonds. The Labute approximate surface area is 103 Å². The fraction of sp³-hybridized carbons (Fsp3) is 0.500. The Bertz CT molecular complexity index is 426. The molecule has 1 unspecified atom stereocenters. The lowest BCUT2D eigenvalue weighted by molar-refractivity contribution is -0.115. The van der Waals surface area contributed by atoms with Gasteiger partial charge < -0.3 is 10.6 Å². The number of hydrogen-bond acceptors (Lipinski definition) is 2. The van der Waals surface area contributed by atoms with Crippen LogP contribution in [0.5, 0.6) is 0 Å². The summed E-state index contributed by atoms with van der Waals surface area (Å²) >= 11 is 0. The summed E-state index contributed by atoms with van der Waals surface area (Å²) in [5, 5.41) is 6.16. The lowest BCUT2D eigenvalue weighted by Gasteiger charge is -2.08. The normalized spacial score (nSPS) is 21.0. The van der Waals surface area contributed by atoms with Gasteiger partial charge in [-0.2, -0.15) is 0 Å². The number of anilines is 1. The van der Waals surface area contributed by atoms with Crippen LogP contribution in [0.4, 0.5) is 5.69 Å². The quantitative estimate of drug-likeness (QED) is 0.836. The standard InChI is InChI=1S/C14H20N2O/c1-10-5-4-6-11(7-10)16-13(17)9-15-12-8-14(12,2)3/h4-7,12,15H,8-9H2,1-3H3,(H,16,17). The van der Waals surface area contributed by atoms with Crippen LogP contribution >= 0.6 is 0 Å². The van der Waals surface area contributed by atoms with Gasteiger partial charge in [0.25, 0.3) is 0 Å². The van der Waals surface area contributed by atoms with E-state index in [0.717, 1.165) is 17.7 Å². The Morgan fingerprint density at radius 3 is 2.76 bits per heavy atom. The Hall–Kier alpha value is -1.35. The summed E-state index contributed by atoms with van der Waals surface area (Å²) in [6.45, 7) is 6.83. The molecule has 2 rings (SSSR count). The third kappa shape index (κ3) is 3.30. The predicted octanol–water partition coefficient (Wildman–Crippen LogP) is 2.32. The third-order valence-corrected chi connectivity index (χ3v) is 3.32. The molecule has 0 aromatic heterocycles. The molecule has 0 radical (unpaired) electrons. The number of hydrogen-bond donors (Lipinski definition) is 2. The van der Waals surface area contributed by atoms with Crippen LogP contribution in [0.1, 0.15) is 25.8 Å². The van der Waals surface area contributed by atoms with E-state index in [-0.39, 0.29) is 5.91 Å². The van der Waals surface area contributed by atoms with Crippen molar-refractivity contribution in [3.63, 3.8) is 0 Å². The first-order chi connectivity index (χ1) is 7.97. The van der Waals surface area contributed by atoms with E-state index in [1.165, 1.54) is 0 Å². The summed E-state index contributed by atoms with van der Waals surface area (Å²) in [5.74, 6) is 0.0262. The van der Waals surface area contributed by atoms with E-state index in [1.54, 1.807) is 0 Å². The smallest absolute Gasteiger partial charge is 0.238 e. The summed E-state index contributed by atoms with van der Waals surface area (Å²) in [4.78, 5) is 11.7. The van der Waals surface area contributed by atoms with Gasteiger partial charge in [0.05, 0.1) is 6.54 Å². The maximum Gasteiger partial charge on any atom is 0.238 e. The molecule has 1 aliphatic carbocycles. The average molecular weight is 232 g/mol. The molecule has 0 bridgehead atoms. The molecule has 1 aliphatic rings. The lowest BCUT2D eigenvalue weighted by atomic mass is 10.2. The molecule has 3 heteroatoms. The maximum atomic E-state index is 11.7. The van der Waals surface area contributed by atoms with E-state index in [1.807, 2.05) is 31.2 Å². The Morgan fingerprint density at radius 1 is 1.47 bits per heavy atom. The van der Waals surface area contributed by atoms with Crippen LogP contribution in [-0.2, 0) is 4.79 Å². The molecule has 0 aliphatic heterocycles. The van der Waals surface area contributed by atoms with Gasteiger partial charge in [0.2, 0.25) is 5.91 Å². The zero-order valence-corrected chi connectivity index (χ0v) is 10.7. The molecule has 3 nitrogen and oxygen atoms in total. The lowest BCUT2D eigenvalue weighted by Crippen LogP contribution is -2.31. The Kier molecular flexibility index (Phi) is 3.20. The van der Waals surface area contributed by atoms with Crippen molar-refractivity contribution >= 4 is 11.6 Å². The molecule has 92 valence electrons. The highest BCUT2D eigenvalue weighted by Gasteiger charge is 2.45. The van der Waals surface area contributed by atoms with Crippen molar-refractivity contribution in [1.82, 2.24) is 5.32 Å². The Morgan fingerprint density at radius 2 is 2.18 bits per heavy atom. The summed E-state index contributed by atoms with van der Waals surface area (Å²) in [6, 6.07) is 8.33. The topological polar surface area (TPSA) is 41.1 Å². The van der Waals surface area contributed by atoms with Gasteiger partial charge in [-0.3, -0.25) is 4.79 Å². The van der Waals surface area contributed by atoms with E-state index in [2.05, 4.69) is 24.5 Å². The van der Waals surface area contributed by atoms with Gasteiger partial charge in [-0.15, -0.1) is 0 Å². The molecular weight excluding hydrogens is 212 g/mol. The van der Waals surface area contributed by atoms with Crippen LogP contribution in [-0.4, -0.2) is 18.5 Å². The minimum atomic E-state index is 0.0262. The van der Waals surface area contributed by atoms with Gasteiger partial charge in [0.1, 0.15) is 0 Å². The second-order valence-corrected chi connectivity index (χ2v) is 5.54. The van der Waals surface area contributed by atoms with E-state index < -0.39 is 0 Å². The average Bonchev–Trinajstić information content (AvgIpc) is 2.84. The molecule has 1 aromatic carbocycles. The van der Waals surface area contributed by atoms with Crippen molar-refractivity contribution in [1.29, 1.82) is 0 Å². The van der Waals surface area contributed by atoms with Gasteiger partial charge >= 0.3 is 0 Å². The second kappa shape index (κ2) is 4.49. The number of nitrogens with one attached hydrogen (secondary N) is 2. The van der Waals surface area contributed by atoms with Gasteiger partial charge in [-0.1, -0.05) is 26.0 Å². The first-order valence-corrected chi connectivity index (χ1v) is 6.07. The molecule has 1 atom stereocenters. The van der Waals surface area contributed by atoms with Gasteiger partial charge in [-0.25, -0.2) is 0 Å². The third-order valence-electron chi connectivity index (χ3n) is 3.32. The largest absolute Gasteiger partial charge is 0.325 e. The van der Waals surface area contributed by atoms with E-state index in [4.69, 9.17) is 0 Å². The van der Waals surface area contributed by atoms with Crippen molar-refractivity contribution in [2.45, 2.75) is 33.2 Å². The molecule has 2 N–H and O–H groups in total. The van der Waals surface area contributed by atoms with Gasteiger partial charge in [0.15, 0.2) is 0 Å². The SMILES string of the molecule is Cc1cccc(NC(=O)CNC2CC2(C)C)c1. The molecule has 0 spiro atoms. The van der Waals surface area contributed by atoms with Crippen molar-refractivity contribution in [3.05, 3.63) is 29.8 Å². The highest BCUT2D eigenvalue weighted by Crippen LogP contribution is 2.44. The second-order valence-electron chi connectivity index (χ2n) is 5.54. The zero-order valence-electron chi connectivity index (χ0n) is 10.7. The molecule has 1 aromatic rings. The van der Waals surface area contributed by atoms with Crippen molar-refractivity contribution in [3.8, 4) is 0 Å². The summed E-state index contributed by atoms with van der Waals surface area (Å²) in [6.07, 6.45) is 1.16. The number of rotatable bonds is 4. The summed E-state index contributed by atoms with van der Waals surface area (Å²) in [5.41, 5.74) is 2.38. The fourth-order valence-electron chi connectivity index (χ4n) is 1.96. The molecule has 1 saturated carbocycles. The summed E-state index contributed by atoms with van der Waals surface area (Å²) < 4.78 is 0. The number of benzene rings is 1. The zero-order chi connectivity index (χ0) is 12.5.